The first kappa shape index (κ1) is 11.1. The summed E-state index contributed by atoms with van der Waals surface area (Å²) in [4.78, 5) is 9.18. The Labute approximate surface area is 87.1 Å². The molecule has 0 aliphatic heterocycles. The third-order valence-electron chi connectivity index (χ3n) is 1.67. The van der Waals surface area contributed by atoms with Crippen molar-refractivity contribution >= 4 is 17.4 Å². The highest BCUT2D eigenvalue weighted by Gasteiger charge is 1.95. The number of rotatable bonds is 2. The summed E-state index contributed by atoms with van der Waals surface area (Å²) in [5.74, 6) is 0.238. The van der Waals surface area contributed by atoms with Crippen LogP contribution in [-0.2, 0) is 9.53 Å². The van der Waals surface area contributed by atoms with Crippen LogP contribution in [0.15, 0.2) is 34.9 Å². The standard InChI is InChI=1S/C8H6O2.C3H6O2/c9-7-2-1-6-3-4-10-8(6)5-7;1-2-5-3-4/h1-5,9H;3H,2H2,1H3. The van der Waals surface area contributed by atoms with Crippen molar-refractivity contribution in [3.8, 4) is 5.75 Å². The number of benzene rings is 1. The van der Waals surface area contributed by atoms with Crippen LogP contribution >= 0.6 is 0 Å². The van der Waals surface area contributed by atoms with E-state index in [1.54, 1.807) is 25.3 Å². The number of phenols is 1. The van der Waals surface area contributed by atoms with Crippen molar-refractivity contribution < 1.29 is 19.1 Å². The van der Waals surface area contributed by atoms with Gasteiger partial charge in [-0.05, 0) is 25.1 Å². The van der Waals surface area contributed by atoms with Gasteiger partial charge in [-0.15, -0.1) is 0 Å². The van der Waals surface area contributed by atoms with Crippen LogP contribution in [0.5, 0.6) is 5.75 Å². The van der Waals surface area contributed by atoms with Gasteiger partial charge in [-0.3, -0.25) is 4.79 Å². The van der Waals surface area contributed by atoms with Gasteiger partial charge < -0.3 is 14.3 Å². The Morgan fingerprint density at radius 3 is 2.87 bits per heavy atom. The van der Waals surface area contributed by atoms with E-state index in [1.165, 1.54) is 0 Å². The molecular weight excluding hydrogens is 196 g/mol. The number of ether oxygens (including phenoxy) is 1. The molecule has 0 bridgehead atoms. The van der Waals surface area contributed by atoms with Gasteiger partial charge in [0.1, 0.15) is 11.3 Å². The van der Waals surface area contributed by atoms with Crippen LogP contribution in [0, 0.1) is 0 Å². The van der Waals surface area contributed by atoms with Gasteiger partial charge >= 0.3 is 0 Å². The molecule has 15 heavy (non-hydrogen) atoms. The molecule has 0 unspecified atom stereocenters. The molecule has 0 aliphatic rings. The fraction of sp³-hybridized carbons (Fsp3) is 0.182. The van der Waals surface area contributed by atoms with E-state index in [0.29, 0.717) is 13.1 Å². The fourth-order valence-electron chi connectivity index (χ4n) is 1.01. The fourth-order valence-corrected chi connectivity index (χ4v) is 1.01. The van der Waals surface area contributed by atoms with Crippen LogP contribution in [0.3, 0.4) is 0 Å². The number of fused-ring (bicyclic) bond motifs is 1. The normalized spacial score (nSPS) is 9.13. The maximum absolute atomic E-state index is 9.18. The highest BCUT2D eigenvalue weighted by molar-refractivity contribution is 5.78. The van der Waals surface area contributed by atoms with E-state index in [4.69, 9.17) is 9.52 Å². The van der Waals surface area contributed by atoms with Crippen molar-refractivity contribution in [3.05, 3.63) is 30.5 Å². The van der Waals surface area contributed by atoms with E-state index < -0.39 is 0 Å². The average Bonchev–Trinajstić information content (AvgIpc) is 2.67. The first-order chi connectivity index (χ1) is 7.27. The lowest BCUT2D eigenvalue weighted by Gasteiger charge is -1.88. The average molecular weight is 208 g/mol. The van der Waals surface area contributed by atoms with Crippen molar-refractivity contribution in [3.63, 3.8) is 0 Å². The number of hydrogen-bond donors (Lipinski definition) is 1. The minimum atomic E-state index is 0.238. The molecule has 2 aromatic rings. The lowest BCUT2D eigenvalue weighted by Crippen LogP contribution is -1.80. The van der Waals surface area contributed by atoms with Gasteiger partial charge in [0, 0.05) is 11.5 Å². The van der Waals surface area contributed by atoms with E-state index in [9.17, 15) is 4.79 Å². The molecule has 1 heterocycles. The van der Waals surface area contributed by atoms with Gasteiger partial charge in [0.25, 0.3) is 6.47 Å². The molecule has 2 rings (SSSR count). The van der Waals surface area contributed by atoms with Gasteiger partial charge in [0.05, 0.1) is 12.9 Å². The number of carbonyl (C=O) groups is 1. The van der Waals surface area contributed by atoms with Crippen molar-refractivity contribution in [2.45, 2.75) is 6.92 Å². The monoisotopic (exact) mass is 208 g/mol. The molecule has 0 spiro atoms. The van der Waals surface area contributed by atoms with Crippen molar-refractivity contribution in [2.75, 3.05) is 6.61 Å². The van der Waals surface area contributed by atoms with E-state index in [-0.39, 0.29) is 5.75 Å². The Morgan fingerprint density at radius 1 is 1.47 bits per heavy atom. The summed E-state index contributed by atoms with van der Waals surface area (Å²) in [5.41, 5.74) is 0.722. The largest absolute Gasteiger partial charge is 0.508 e. The smallest absolute Gasteiger partial charge is 0.293 e. The van der Waals surface area contributed by atoms with E-state index in [0.717, 1.165) is 11.0 Å². The summed E-state index contributed by atoms with van der Waals surface area (Å²) in [7, 11) is 0. The van der Waals surface area contributed by atoms with Crippen LogP contribution in [0.4, 0.5) is 0 Å². The van der Waals surface area contributed by atoms with E-state index >= 15 is 0 Å². The zero-order chi connectivity index (χ0) is 11.1. The first-order valence-electron chi connectivity index (χ1n) is 4.49. The topological polar surface area (TPSA) is 59.7 Å². The zero-order valence-corrected chi connectivity index (χ0v) is 8.34. The quantitative estimate of drug-likeness (QED) is 0.769. The molecule has 1 N–H and O–H groups in total. The second kappa shape index (κ2) is 5.70. The van der Waals surface area contributed by atoms with Crippen LogP contribution in [-0.4, -0.2) is 18.2 Å². The second-order valence-corrected chi connectivity index (χ2v) is 2.69. The van der Waals surface area contributed by atoms with Crippen LogP contribution in [0.2, 0.25) is 0 Å². The molecule has 4 heteroatoms. The maximum Gasteiger partial charge on any atom is 0.293 e. The SMILES string of the molecule is CCOC=O.Oc1ccc2ccoc2c1. The van der Waals surface area contributed by atoms with Crippen molar-refractivity contribution in [1.29, 1.82) is 0 Å². The summed E-state index contributed by atoms with van der Waals surface area (Å²) in [6, 6.07) is 6.90. The Morgan fingerprint density at radius 2 is 2.27 bits per heavy atom. The molecule has 0 amide bonds. The summed E-state index contributed by atoms with van der Waals surface area (Å²) >= 11 is 0. The van der Waals surface area contributed by atoms with Gasteiger partial charge in [-0.2, -0.15) is 0 Å². The highest BCUT2D eigenvalue weighted by atomic mass is 16.5. The van der Waals surface area contributed by atoms with Crippen LogP contribution in [0.1, 0.15) is 6.92 Å². The summed E-state index contributed by atoms with van der Waals surface area (Å²) in [6.45, 7) is 2.66. The molecule has 0 saturated carbocycles. The number of phenolic OH excluding ortho intramolecular Hbond substituents is 1. The molecule has 1 aromatic heterocycles. The molecule has 0 radical (unpaired) electrons. The predicted molar refractivity (Wildman–Crippen MR) is 55.6 cm³/mol. The second-order valence-electron chi connectivity index (χ2n) is 2.69. The lowest BCUT2D eigenvalue weighted by molar-refractivity contribution is -0.128. The minimum absolute atomic E-state index is 0.238. The molecule has 0 fully saturated rings. The molecular formula is C11H12O4. The number of carbonyl (C=O) groups excluding carboxylic acids is 1. The zero-order valence-electron chi connectivity index (χ0n) is 8.34. The van der Waals surface area contributed by atoms with Crippen LogP contribution in [0.25, 0.3) is 11.0 Å². The summed E-state index contributed by atoms with van der Waals surface area (Å²) < 4.78 is 9.19. The molecule has 80 valence electrons. The highest BCUT2D eigenvalue weighted by Crippen LogP contribution is 2.19. The number of aromatic hydroxyl groups is 1. The summed E-state index contributed by atoms with van der Waals surface area (Å²) in [5, 5.41) is 10.0. The molecule has 0 aliphatic carbocycles. The Hall–Kier alpha value is -1.97. The van der Waals surface area contributed by atoms with Gasteiger partial charge in [-0.25, -0.2) is 0 Å². The van der Waals surface area contributed by atoms with Crippen LogP contribution < -0.4 is 0 Å². The molecule has 0 atom stereocenters. The summed E-state index contributed by atoms with van der Waals surface area (Å²) in [6.07, 6.45) is 1.60. The van der Waals surface area contributed by atoms with Gasteiger partial charge in [0.15, 0.2) is 0 Å². The van der Waals surface area contributed by atoms with E-state index in [1.807, 2.05) is 12.1 Å². The third-order valence-corrected chi connectivity index (χ3v) is 1.67. The van der Waals surface area contributed by atoms with Gasteiger partial charge in [-0.1, -0.05) is 0 Å². The minimum Gasteiger partial charge on any atom is -0.508 e. The molecule has 4 nitrogen and oxygen atoms in total. The molecule has 1 aromatic carbocycles. The first-order valence-corrected chi connectivity index (χ1v) is 4.49. The van der Waals surface area contributed by atoms with Crippen molar-refractivity contribution in [1.82, 2.24) is 0 Å². The lowest BCUT2D eigenvalue weighted by atomic mass is 10.2. The third kappa shape index (κ3) is 3.34. The molecule has 0 saturated heterocycles. The Bertz CT molecular complexity index is 419. The van der Waals surface area contributed by atoms with Crippen molar-refractivity contribution in [2.24, 2.45) is 0 Å². The number of furan rings is 1. The van der Waals surface area contributed by atoms with Gasteiger partial charge in [0.2, 0.25) is 0 Å². The number of hydrogen-bond acceptors (Lipinski definition) is 4. The Balaban J connectivity index is 0.000000195. The predicted octanol–water partition coefficient (Wildman–Crippen LogP) is 2.32. The Kier molecular flexibility index (Phi) is 4.22. The maximum atomic E-state index is 9.18. The van der Waals surface area contributed by atoms with E-state index in [2.05, 4.69) is 4.74 Å².